The number of carboxylic acids is 1. The first kappa shape index (κ1) is 14.2. The van der Waals surface area contributed by atoms with Crippen LogP contribution < -0.4 is 0 Å². The maximum absolute atomic E-state index is 12.5. The first-order valence-electron chi connectivity index (χ1n) is 7.42. The fourth-order valence-corrected chi connectivity index (χ4v) is 2.62. The van der Waals surface area contributed by atoms with Gasteiger partial charge in [-0.2, -0.15) is 0 Å². The van der Waals surface area contributed by atoms with Gasteiger partial charge in [-0.15, -0.1) is 0 Å². The van der Waals surface area contributed by atoms with Gasteiger partial charge in [-0.05, 0) is 31.6 Å². The molecule has 0 aromatic rings. The smallest absolute Gasteiger partial charge is 0.323 e. The third-order valence-electron chi connectivity index (χ3n) is 3.90. The molecule has 0 radical (unpaired) electrons. The van der Waals surface area contributed by atoms with E-state index in [2.05, 4.69) is 0 Å². The Balaban J connectivity index is 1.92. The summed E-state index contributed by atoms with van der Waals surface area (Å²) in [6, 6.07) is -0.0730. The topological polar surface area (TPSA) is 60.9 Å². The number of nitrogens with zero attached hydrogens (tertiary/aromatic N) is 2. The zero-order valence-corrected chi connectivity index (χ0v) is 11.5. The Labute approximate surface area is 114 Å². The maximum Gasteiger partial charge on any atom is 0.323 e. The monoisotopic (exact) mass is 268 g/mol. The second-order valence-corrected chi connectivity index (χ2v) is 5.76. The average Bonchev–Trinajstić information content (AvgIpc) is 3.10. The summed E-state index contributed by atoms with van der Waals surface area (Å²) in [6.07, 6.45) is 7.93. The van der Waals surface area contributed by atoms with Crippen molar-refractivity contribution in [3.8, 4) is 0 Å². The zero-order valence-electron chi connectivity index (χ0n) is 11.5. The highest BCUT2D eigenvalue weighted by Gasteiger charge is 2.30. The van der Waals surface area contributed by atoms with Gasteiger partial charge in [0, 0.05) is 19.6 Å². The molecule has 0 aromatic carbocycles. The van der Waals surface area contributed by atoms with E-state index in [-0.39, 0.29) is 12.6 Å². The molecular weight excluding hydrogens is 244 g/mol. The summed E-state index contributed by atoms with van der Waals surface area (Å²) >= 11 is 0. The number of urea groups is 1. The average molecular weight is 268 g/mol. The number of amides is 2. The van der Waals surface area contributed by atoms with E-state index in [4.69, 9.17) is 5.11 Å². The third kappa shape index (κ3) is 4.73. The minimum Gasteiger partial charge on any atom is -0.480 e. The number of hydrogen-bond acceptors (Lipinski definition) is 2. The molecule has 1 aliphatic heterocycles. The Morgan fingerprint density at radius 3 is 2.16 bits per heavy atom. The molecule has 0 spiro atoms. The van der Waals surface area contributed by atoms with Crippen LogP contribution in [0.4, 0.5) is 4.79 Å². The quantitative estimate of drug-likeness (QED) is 0.850. The molecule has 1 aliphatic carbocycles. The predicted molar refractivity (Wildman–Crippen MR) is 72.0 cm³/mol. The van der Waals surface area contributed by atoms with E-state index >= 15 is 0 Å². The van der Waals surface area contributed by atoms with Gasteiger partial charge >= 0.3 is 12.0 Å². The number of carbonyl (C=O) groups is 2. The lowest BCUT2D eigenvalue weighted by atomic mass is 10.1. The van der Waals surface area contributed by atoms with Gasteiger partial charge in [-0.3, -0.25) is 4.79 Å². The van der Waals surface area contributed by atoms with Crippen molar-refractivity contribution in [2.75, 3.05) is 26.2 Å². The van der Waals surface area contributed by atoms with Gasteiger partial charge in [0.15, 0.2) is 0 Å². The Morgan fingerprint density at radius 2 is 1.63 bits per heavy atom. The molecule has 2 amide bonds. The number of carboxylic acid groups (broad SMARTS) is 1. The molecule has 5 nitrogen and oxygen atoms in total. The van der Waals surface area contributed by atoms with Crippen LogP contribution >= 0.6 is 0 Å². The van der Waals surface area contributed by atoms with E-state index in [0.717, 1.165) is 38.8 Å². The number of hydrogen-bond donors (Lipinski definition) is 1. The minimum atomic E-state index is -0.916. The minimum absolute atomic E-state index is 0.0730. The molecule has 1 saturated heterocycles. The van der Waals surface area contributed by atoms with Gasteiger partial charge in [0.25, 0.3) is 0 Å². The lowest BCUT2D eigenvalue weighted by Crippen LogP contribution is -2.47. The fraction of sp³-hybridized carbons (Fsp3) is 0.857. The predicted octanol–water partition coefficient (Wildman–Crippen LogP) is 2.17. The van der Waals surface area contributed by atoms with Gasteiger partial charge in [0.2, 0.25) is 0 Å². The van der Waals surface area contributed by atoms with E-state index in [0.29, 0.717) is 12.5 Å². The molecule has 1 saturated carbocycles. The van der Waals surface area contributed by atoms with E-state index in [1.165, 1.54) is 24.2 Å². The maximum atomic E-state index is 12.5. The summed E-state index contributed by atoms with van der Waals surface area (Å²) in [5.41, 5.74) is 0. The van der Waals surface area contributed by atoms with Crippen LogP contribution in [0.1, 0.15) is 44.9 Å². The highest BCUT2D eigenvalue weighted by atomic mass is 16.4. The summed E-state index contributed by atoms with van der Waals surface area (Å²) in [5.74, 6) is -0.390. The largest absolute Gasteiger partial charge is 0.480 e. The first-order chi connectivity index (χ1) is 9.16. The van der Waals surface area contributed by atoms with Gasteiger partial charge in [-0.1, -0.05) is 19.3 Å². The van der Waals surface area contributed by atoms with Crippen molar-refractivity contribution in [1.82, 2.24) is 9.80 Å². The van der Waals surface area contributed by atoms with Gasteiger partial charge in [0.05, 0.1) is 0 Å². The zero-order chi connectivity index (χ0) is 13.7. The molecular formula is C14H24N2O3. The number of likely N-dealkylation sites (tertiary alicyclic amines) is 1. The highest BCUT2D eigenvalue weighted by Crippen LogP contribution is 2.30. The molecule has 19 heavy (non-hydrogen) atoms. The lowest BCUT2D eigenvalue weighted by Gasteiger charge is -2.31. The molecule has 5 heteroatoms. The first-order valence-corrected chi connectivity index (χ1v) is 7.42. The molecule has 1 N–H and O–H groups in total. The van der Waals surface area contributed by atoms with Crippen LogP contribution in [0.25, 0.3) is 0 Å². The molecule has 2 fully saturated rings. The summed E-state index contributed by atoms with van der Waals surface area (Å²) in [7, 11) is 0. The van der Waals surface area contributed by atoms with Crippen molar-refractivity contribution in [3.63, 3.8) is 0 Å². The van der Waals surface area contributed by atoms with E-state index in [1.54, 1.807) is 0 Å². The molecule has 0 unspecified atom stereocenters. The summed E-state index contributed by atoms with van der Waals surface area (Å²) < 4.78 is 0. The van der Waals surface area contributed by atoms with Crippen molar-refractivity contribution >= 4 is 12.0 Å². The summed E-state index contributed by atoms with van der Waals surface area (Å²) in [5, 5.41) is 8.95. The van der Waals surface area contributed by atoms with Crippen molar-refractivity contribution in [3.05, 3.63) is 0 Å². The van der Waals surface area contributed by atoms with Gasteiger partial charge in [-0.25, -0.2) is 4.79 Å². The van der Waals surface area contributed by atoms with E-state index in [9.17, 15) is 9.59 Å². The molecule has 1 heterocycles. The second kappa shape index (κ2) is 6.78. The van der Waals surface area contributed by atoms with Crippen LogP contribution in [-0.2, 0) is 4.79 Å². The Kier molecular flexibility index (Phi) is 5.05. The lowest BCUT2D eigenvalue weighted by molar-refractivity contribution is -0.137. The van der Waals surface area contributed by atoms with Crippen molar-refractivity contribution in [2.24, 2.45) is 5.92 Å². The molecule has 0 aromatic heterocycles. The van der Waals surface area contributed by atoms with Gasteiger partial charge < -0.3 is 14.9 Å². The van der Waals surface area contributed by atoms with Crippen molar-refractivity contribution in [2.45, 2.75) is 44.9 Å². The van der Waals surface area contributed by atoms with Gasteiger partial charge in [0.1, 0.15) is 6.54 Å². The van der Waals surface area contributed by atoms with Crippen LogP contribution in [0, 0.1) is 5.92 Å². The molecule has 0 bridgehead atoms. The van der Waals surface area contributed by atoms with Crippen molar-refractivity contribution in [1.29, 1.82) is 0 Å². The Bertz CT molecular complexity index is 321. The van der Waals surface area contributed by atoms with Crippen LogP contribution in [0.3, 0.4) is 0 Å². The highest BCUT2D eigenvalue weighted by molar-refractivity contribution is 5.80. The number of rotatable bonds is 4. The Morgan fingerprint density at radius 1 is 1.05 bits per heavy atom. The Hall–Kier alpha value is -1.26. The van der Waals surface area contributed by atoms with Crippen LogP contribution in [0.2, 0.25) is 0 Å². The standard InChI is InChI=1S/C14H24N2O3/c17-13(18)11-16(10-12-6-7-12)14(19)15-8-4-2-1-3-5-9-15/h12H,1-11H2,(H,17,18). The molecule has 2 aliphatic rings. The fourth-order valence-electron chi connectivity index (χ4n) is 2.62. The van der Waals surface area contributed by atoms with Crippen LogP contribution in [0.5, 0.6) is 0 Å². The van der Waals surface area contributed by atoms with E-state index in [1.807, 2.05) is 4.90 Å². The SMILES string of the molecule is O=C(O)CN(CC1CC1)C(=O)N1CCCCCCC1. The number of aliphatic carboxylic acids is 1. The third-order valence-corrected chi connectivity index (χ3v) is 3.90. The molecule has 2 rings (SSSR count). The van der Waals surface area contributed by atoms with Crippen molar-refractivity contribution < 1.29 is 14.7 Å². The number of carbonyl (C=O) groups excluding carboxylic acids is 1. The molecule has 0 atom stereocenters. The summed E-state index contributed by atoms with van der Waals surface area (Å²) in [4.78, 5) is 26.7. The summed E-state index contributed by atoms with van der Waals surface area (Å²) in [6.45, 7) is 2.01. The second-order valence-electron chi connectivity index (χ2n) is 5.76. The van der Waals surface area contributed by atoms with Crippen LogP contribution in [0.15, 0.2) is 0 Å². The van der Waals surface area contributed by atoms with Crippen LogP contribution in [-0.4, -0.2) is 53.1 Å². The molecule has 108 valence electrons. The van der Waals surface area contributed by atoms with E-state index < -0.39 is 5.97 Å². The normalized spacial score (nSPS) is 20.5.